The summed E-state index contributed by atoms with van der Waals surface area (Å²) in [6, 6.07) is 13.6. The number of hydrogen-bond acceptors (Lipinski definition) is 5. The average Bonchev–Trinajstić information content (AvgIpc) is 3.61. The van der Waals surface area contributed by atoms with Crippen molar-refractivity contribution in [2.45, 2.75) is 56.4 Å². The fraction of sp³-hybridized carbons (Fsp3) is 0.440. The lowest BCUT2D eigenvalue weighted by atomic mass is 9.88. The van der Waals surface area contributed by atoms with Crippen molar-refractivity contribution in [1.82, 2.24) is 4.90 Å². The van der Waals surface area contributed by atoms with Crippen LogP contribution in [0.15, 0.2) is 41.3 Å². The molecule has 1 fully saturated rings. The molecule has 3 rings (SSSR count). The van der Waals surface area contributed by atoms with Gasteiger partial charge in [-0.1, -0.05) is 26.0 Å². The first-order valence-electron chi connectivity index (χ1n) is 10.7. The van der Waals surface area contributed by atoms with Crippen LogP contribution in [0.3, 0.4) is 0 Å². The molecular weight excluding hydrogens is 420 g/mol. The Morgan fingerprint density at radius 3 is 2.19 bits per heavy atom. The minimum atomic E-state index is -1.36. The quantitative estimate of drug-likeness (QED) is 0.618. The highest BCUT2D eigenvalue weighted by Gasteiger charge is 2.28. The Morgan fingerprint density at radius 2 is 1.78 bits per heavy atom. The summed E-state index contributed by atoms with van der Waals surface area (Å²) in [6.45, 7) is 5.11. The normalized spacial score (nSPS) is 13.4. The van der Waals surface area contributed by atoms with Crippen molar-refractivity contribution in [2.75, 3.05) is 21.1 Å². The lowest BCUT2D eigenvalue weighted by molar-refractivity contribution is -0.107. The number of nitriles is 1. The number of nitrogens with zero attached hydrogens (tertiary/aromatic N) is 2. The molecule has 32 heavy (non-hydrogen) atoms. The zero-order valence-electron chi connectivity index (χ0n) is 19.8. The van der Waals surface area contributed by atoms with Gasteiger partial charge in [0.05, 0.1) is 16.5 Å². The Morgan fingerprint density at radius 1 is 1.19 bits per heavy atom. The molecule has 1 unspecified atom stereocenters. The molecule has 0 heterocycles. The number of hydrogen-bond donors (Lipinski definition) is 2. The summed E-state index contributed by atoms with van der Waals surface area (Å²) < 4.78 is 10.9. The molecule has 6 nitrogen and oxygen atoms in total. The van der Waals surface area contributed by atoms with Gasteiger partial charge in [-0.05, 0) is 92.3 Å². The lowest BCUT2D eigenvalue weighted by Gasteiger charge is -2.16. The third-order valence-corrected chi connectivity index (χ3v) is 5.77. The molecule has 0 bridgehead atoms. The molecule has 2 aromatic rings. The Bertz CT molecular complexity index is 907. The van der Waals surface area contributed by atoms with E-state index in [1.807, 2.05) is 38.4 Å². The summed E-state index contributed by atoms with van der Waals surface area (Å²) >= 11 is 0. The Balaban J connectivity index is 0.000000307. The monoisotopic (exact) mass is 456 g/mol. The van der Waals surface area contributed by atoms with Crippen molar-refractivity contribution < 1.29 is 9.00 Å². The summed E-state index contributed by atoms with van der Waals surface area (Å²) in [5.74, 6) is 0.937. The van der Waals surface area contributed by atoms with Crippen LogP contribution in [-0.4, -0.2) is 36.5 Å². The predicted octanol–water partition coefficient (Wildman–Crippen LogP) is 3.60. The van der Waals surface area contributed by atoms with E-state index in [9.17, 15) is 9.00 Å². The molecule has 174 valence electrons. The van der Waals surface area contributed by atoms with Gasteiger partial charge in [-0.15, -0.1) is 0 Å². The predicted molar refractivity (Wildman–Crippen MR) is 132 cm³/mol. The smallest absolute Gasteiger partial charge is 0.124 e. The molecule has 4 N–H and O–H groups in total. The second-order valence-corrected chi connectivity index (χ2v) is 9.29. The van der Waals surface area contributed by atoms with Crippen molar-refractivity contribution in [1.29, 1.82) is 5.26 Å². The van der Waals surface area contributed by atoms with Crippen LogP contribution >= 0.6 is 0 Å². The fourth-order valence-corrected chi connectivity index (χ4v) is 3.87. The SMILES string of the molecule is CC(C)c1cc(C#N)cc(C2CC2)c1CC=O.CN.CN(C)Cc1ccc(S(N)=O)cc1. The second-order valence-electron chi connectivity index (χ2n) is 8.22. The average molecular weight is 457 g/mol. The molecule has 0 saturated heterocycles. The summed E-state index contributed by atoms with van der Waals surface area (Å²) in [5, 5.41) is 14.3. The van der Waals surface area contributed by atoms with E-state index in [4.69, 9.17) is 10.4 Å². The minimum absolute atomic E-state index is 0.357. The van der Waals surface area contributed by atoms with E-state index < -0.39 is 11.0 Å². The maximum absolute atomic E-state index is 10.9. The van der Waals surface area contributed by atoms with Gasteiger partial charge in [-0.2, -0.15) is 5.26 Å². The Hall–Kier alpha value is -2.37. The van der Waals surface area contributed by atoms with Gasteiger partial charge < -0.3 is 15.4 Å². The first-order valence-corrected chi connectivity index (χ1v) is 12.0. The number of nitrogens with two attached hydrogens (primary N) is 2. The van der Waals surface area contributed by atoms with Gasteiger partial charge in [0.2, 0.25) is 0 Å². The molecule has 2 aromatic carbocycles. The second kappa shape index (κ2) is 13.9. The Kier molecular flexibility index (Phi) is 12.0. The zero-order chi connectivity index (χ0) is 24.3. The molecule has 1 aliphatic rings. The summed E-state index contributed by atoms with van der Waals surface area (Å²) in [5.41, 5.74) is 9.99. The number of benzene rings is 2. The van der Waals surface area contributed by atoms with Crippen molar-refractivity contribution in [3.8, 4) is 6.07 Å². The first kappa shape index (κ1) is 27.7. The van der Waals surface area contributed by atoms with Gasteiger partial charge in [0, 0.05) is 13.0 Å². The van der Waals surface area contributed by atoms with Gasteiger partial charge in [0.1, 0.15) is 17.3 Å². The van der Waals surface area contributed by atoms with Gasteiger partial charge >= 0.3 is 0 Å². The molecule has 1 saturated carbocycles. The van der Waals surface area contributed by atoms with Crippen LogP contribution in [0, 0.1) is 11.3 Å². The molecule has 1 aliphatic carbocycles. The van der Waals surface area contributed by atoms with Gasteiger partial charge in [-0.3, -0.25) is 0 Å². The molecule has 1 atom stereocenters. The molecule has 7 heteroatoms. The topological polar surface area (TPSA) is 113 Å². The number of rotatable bonds is 7. The van der Waals surface area contributed by atoms with Crippen LogP contribution in [0.25, 0.3) is 0 Å². The van der Waals surface area contributed by atoms with E-state index in [1.54, 1.807) is 12.1 Å². The van der Waals surface area contributed by atoms with E-state index >= 15 is 0 Å². The van der Waals surface area contributed by atoms with Crippen LogP contribution in [0.4, 0.5) is 0 Å². The molecule has 0 radical (unpaired) electrons. The van der Waals surface area contributed by atoms with E-state index in [0.717, 1.165) is 29.5 Å². The maximum atomic E-state index is 10.9. The van der Waals surface area contributed by atoms with Crippen molar-refractivity contribution in [3.05, 3.63) is 64.2 Å². The number of carbonyl (C=O) groups excluding carboxylic acids is 1. The molecule has 0 aliphatic heterocycles. The summed E-state index contributed by atoms with van der Waals surface area (Å²) in [4.78, 5) is 13.6. The minimum Gasteiger partial charge on any atom is -0.333 e. The zero-order valence-corrected chi connectivity index (χ0v) is 20.6. The first-order chi connectivity index (χ1) is 15.3. The fourth-order valence-electron chi connectivity index (χ4n) is 3.47. The van der Waals surface area contributed by atoms with Crippen molar-refractivity contribution >= 4 is 17.3 Å². The van der Waals surface area contributed by atoms with Gasteiger partial charge in [0.15, 0.2) is 0 Å². The third-order valence-electron chi connectivity index (χ3n) is 5.03. The Labute approximate surface area is 195 Å². The lowest BCUT2D eigenvalue weighted by Crippen LogP contribution is -2.10. The largest absolute Gasteiger partial charge is 0.333 e. The standard InChI is InChI=1S/C15H17NO.C9H14N2OS.CH5N/c1-10(2)14-7-11(9-16)8-15(12-3-4-12)13(14)5-6-17;1-11(2)7-8-3-5-9(6-4-8)13(10)12;1-2/h6-8,10,12H,3-5H2,1-2H3;3-6H,7,10H2,1-2H3;2H2,1H3. The molecule has 0 aromatic heterocycles. The van der Waals surface area contributed by atoms with Crippen LogP contribution in [-0.2, 0) is 28.7 Å². The number of aldehydes is 1. The van der Waals surface area contributed by atoms with Crippen LogP contribution in [0.5, 0.6) is 0 Å². The highest BCUT2D eigenvalue weighted by atomic mass is 32.2. The van der Waals surface area contributed by atoms with Crippen LogP contribution in [0.2, 0.25) is 0 Å². The van der Waals surface area contributed by atoms with E-state index in [0.29, 0.717) is 23.2 Å². The highest BCUT2D eigenvalue weighted by molar-refractivity contribution is 7.82. The third kappa shape index (κ3) is 8.64. The van der Waals surface area contributed by atoms with Crippen LogP contribution in [0.1, 0.15) is 66.3 Å². The van der Waals surface area contributed by atoms with Gasteiger partial charge in [-0.25, -0.2) is 9.35 Å². The number of carbonyl (C=O) groups is 1. The van der Waals surface area contributed by atoms with E-state index in [-0.39, 0.29) is 0 Å². The van der Waals surface area contributed by atoms with E-state index in [2.05, 4.69) is 30.6 Å². The van der Waals surface area contributed by atoms with Crippen molar-refractivity contribution in [3.63, 3.8) is 0 Å². The summed E-state index contributed by atoms with van der Waals surface area (Å²) in [6.07, 6.45) is 3.83. The summed E-state index contributed by atoms with van der Waals surface area (Å²) in [7, 11) is 4.15. The maximum Gasteiger partial charge on any atom is 0.124 e. The van der Waals surface area contributed by atoms with Gasteiger partial charge in [0.25, 0.3) is 0 Å². The molecule has 0 amide bonds. The molecule has 0 spiro atoms. The van der Waals surface area contributed by atoms with Crippen molar-refractivity contribution in [2.24, 2.45) is 10.9 Å². The van der Waals surface area contributed by atoms with Crippen LogP contribution < -0.4 is 10.9 Å². The van der Waals surface area contributed by atoms with E-state index in [1.165, 1.54) is 31.0 Å². The molecular formula is C25H36N4O2S. The highest BCUT2D eigenvalue weighted by Crippen LogP contribution is 2.43.